The number of rotatable bonds is 9. The van der Waals surface area contributed by atoms with Crippen molar-refractivity contribution in [2.45, 2.75) is 38.8 Å². The highest BCUT2D eigenvalue weighted by atomic mass is 16.5. The van der Waals surface area contributed by atoms with Crippen LogP contribution in [0.2, 0.25) is 0 Å². The van der Waals surface area contributed by atoms with Crippen LogP contribution in [-0.4, -0.2) is 52.3 Å². The van der Waals surface area contributed by atoms with Crippen molar-refractivity contribution in [2.24, 2.45) is 10.4 Å². The second kappa shape index (κ2) is 9.78. The zero-order chi connectivity index (χ0) is 18.1. The molecule has 1 aliphatic carbocycles. The number of guanidine groups is 1. The van der Waals surface area contributed by atoms with E-state index in [1.165, 1.54) is 30.4 Å². The zero-order valence-corrected chi connectivity index (χ0v) is 16.3. The molecule has 5 nitrogen and oxygen atoms in total. The monoisotopic (exact) mass is 346 g/mol. The summed E-state index contributed by atoms with van der Waals surface area (Å²) in [6, 6.07) is 8.76. The fraction of sp³-hybridized carbons (Fsp3) is 0.650. The van der Waals surface area contributed by atoms with Gasteiger partial charge in [0, 0.05) is 40.4 Å². The van der Waals surface area contributed by atoms with E-state index in [4.69, 9.17) is 4.74 Å². The maximum absolute atomic E-state index is 5.27. The number of hydrogen-bond donors (Lipinski definition) is 2. The molecule has 0 radical (unpaired) electrons. The molecule has 0 spiro atoms. The smallest absolute Gasteiger partial charge is 0.191 e. The SMILES string of the molecule is CN=C(NCc1ccc(CN(C)C)cc1)NCC1(CCOC)CCC1. The highest BCUT2D eigenvalue weighted by molar-refractivity contribution is 5.79. The van der Waals surface area contributed by atoms with E-state index in [9.17, 15) is 0 Å². The maximum Gasteiger partial charge on any atom is 0.191 e. The molecule has 2 rings (SSSR count). The molecule has 0 unspecified atom stereocenters. The fourth-order valence-corrected chi connectivity index (χ4v) is 3.32. The lowest BCUT2D eigenvalue weighted by molar-refractivity contribution is 0.0732. The minimum absolute atomic E-state index is 0.390. The quantitative estimate of drug-likeness (QED) is 0.533. The molecular weight excluding hydrogens is 312 g/mol. The minimum atomic E-state index is 0.390. The number of nitrogens with zero attached hydrogens (tertiary/aromatic N) is 2. The van der Waals surface area contributed by atoms with E-state index in [1.807, 2.05) is 7.05 Å². The fourth-order valence-electron chi connectivity index (χ4n) is 3.32. The van der Waals surface area contributed by atoms with Crippen molar-refractivity contribution in [3.8, 4) is 0 Å². The summed E-state index contributed by atoms with van der Waals surface area (Å²) in [4.78, 5) is 6.54. The van der Waals surface area contributed by atoms with Gasteiger partial charge in [0.2, 0.25) is 0 Å². The molecular formula is C20H34N4O. The van der Waals surface area contributed by atoms with Crippen molar-refractivity contribution >= 4 is 5.96 Å². The molecule has 0 saturated heterocycles. The first-order valence-corrected chi connectivity index (χ1v) is 9.23. The Morgan fingerprint density at radius 3 is 2.36 bits per heavy atom. The Hall–Kier alpha value is -1.59. The van der Waals surface area contributed by atoms with Crippen LogP contribution in [-0.2, 0) is 17.8 Å². The van der Waals surface area contributed by atoms with Gasteiger partial charge in [-0.3, -0.25) is 4.99 Å². The summed E-state index contributed by atoms with van der Waals surface area (Å²) >= 11 is 0. The minimum Gasteiger partial charge on any atom is -0.385 e. The van der Waals surface area contributed by atoms with Gasteiger partial charge in [-0.2, -0.15) is 0 Å². The first-order valence-electron chi connectivity index (χ1n) is 9.23. The molecule has 0 heterocycles. The number of ether oxygens (including phenoxy) is 1. The normalized spacial score (nSPS) is 16.6. The van der Waals surface area contributed by atoms with Gasteiger partial charge in [0.15, 0.2) is 5.96 Å². The third-order valence-electron chi connectivity index (χ3n) is 5.09. The molecule has 1 saturated carbocycles. The van der Waals surface area contributed by atoms with E-state index >= 15 is 0 Å². The Morgan fingerprint density at radius 2 is 1.84 bits per heavy atom. The van der Waals surface area contributed by atoms with Crippen molar-refractivity contribution in [3.05, 3.63) is 35.4 Å². The van der Waals surface area contributed by atoms with E-state index in [-0.39, 0.29) is 0 Å². The largest absolute Gasteiger partial charge is 0.385 e. The highest BCUT2D eigenvalue weighted by Gasteiger charge is 2.36. The number of aliphatic imine (C=N–C) groups is 1. The molecule has 5 heteroatoms. The molecule has 140 valence electrons. The van der Waals surface area contributed by atoms with Crippen LogP contribution >= 0.6 is 0 Å². The van der Waals surface area contributed by atoms with Crippen molar-refractivity contribution in [3.63, 3.8) is 0 Å². The van der Waals surface area contributed by atoms with Gasteiger partial charge in [-0.1, -0.05) is 30.7 Å². The Labute approximate surface area is 152 Å². The molecule has 0 aliphatic heterocycles. The van der Waals surface area contributed by atoms with Crippen molar-refractivity contribution in [2.75, 3.05) is 41.4 Å². The molecule has 0 bridgehead atoms. The second-order valence-electron chi connectivity index (χ2n) is 7.43. The number of nitrogens with one attached hydrogen (secondary N) is 2. The van der Waals surface area contributed by atoms with Crippen LogP contribution in [0.1, 0.15) is 36.8 Å². The molecule has 0 amide bonds. The van der Waals surface area contributed by atoms with Crippen LogP contribution in [0.5, 0.6) is 0 Å². The van der Waals surface area contributed by atoms with E-state index in [0.717, 1.165) is 38.6 Å². The first-order chi connectivity index (χ1) is 12.1. The van der Waals surface area contributed by atoms with E-state index in [1.54, 1.807) is 7.11 Å². The first kappa shape index (κ1) is 19.7. The van der Waals surface area contributed by atoms with E-state index in [0.29, 0.717) is 5.41 Å². The van der Waals surface area contributed by atoms with E-state index in [2.05, 4.69) is 58.9 Å². The zero-order valence-electron chi connectivity index (χ0n) is 16.3. The van der Waals surface area contributed by atoms with Crippen LogP contribution in [0.25, 0.3) is 0 Å². The Morgan fingerprint density at radius 1 is 1.16 bits per heavy atom. The summed E-state index contributed by atoms with van der Waals surface area (Å²) in [6.07, 6.45) is 5.03. The van der Waals surface area contributed by atoms with Crippen molar-refractivity contribution in [1.82, 2.24) is 15.5 Å². The van der Waals surface area contributed by atoms with Gasteiger partial charge in [-0.25, -0.2) is 0 Å². The summed E-state index contributed by atoms with van der Waals surface area (Å²) in [7, 11) is 7.79. The summed E-state index contributed by atoms with van der Waals surface area (Å²) in [5.41, 5.74) is 2.99. The Balaban J connectivity index is 1.78. The van der Waals surface area contributed by atoms with Crippen LogP contribution in [0.4, 0.5) is 0 Å². The summed E-state index contributed by atoms with van der Waals surface area (Å²) in [6.45, 7) is 3.57. The van der Waals surface area contributed by atoms with Crippen LogP contribution in [0, 0.1) is 5.41 Å². The third-order valence-corrected chi connectivity index (χ3v) is 5.09. The van der Waals surface area contributed by atoms with Gasteiger partial charge >= 0.3 is 0 Å². The number of benzene rings is 1. The van der Waals surface area contributed by atoms with Gasteiger partial charge in [0.05, 0.1) is 0 Å². The van der Waals surface area contributed by atoms with Gasteiger partial charge < -0.3 is 20.3 Å². The Bertz CT molecular complexity index is 535. The Kier molecular flexibility index (Phi) is 7.72. The van der Waals surface area contributed by atoms with Crippen molar-refractivity contribution in [1.29, 1.82) is 0 Å². The summed E-state index contributed by atoms with van der Waals surface area (Å²) in [5, 5.41) is 6.93. The topological polar surface area (TPSA) is 48.9 Å². The number of hydrogen-bond acceptors (Lipinski definition) is 3. The number of methoxy groups -OCH3 is 1. The maximum atomic E-state index is 5.27. The third kappa shape index (κ3) is 6.33. The standard InChI is InChI=1S/C20H34N4O/c1-21-19(23-16-20(10-5-11-20)12-13-25-4)22-14-17-6-8-18(9-7-17)15-24(2)3/h6-9H,5,10-16H2,1-4H3,(H2,21,22,23). The van der Waals surface area contributed by atoms with Gasteiger partial charge in [0.1, 0.15) is 0 Å². The predicted octanol–water partition coefficient (Wildman–Crippen LogP) is 2.62. The second-order valence-corrected chi connectivity index (χ2v) is 7.43. The van der Waals surface area contributed by atoms with Gasteiger partial charge in [-0.15, -0.1) is 0 Å². The average Bonchev–Trinajstić information content (AvgIpc) is 2.57. The lowest BCUT2D eigenvalue weighted by Gasteiger charge is -2.42. The lowest BCUT2D eigenvalue weighted by atomic mass is 9.67. The van der Waals surface area contributed by atoms with Crippen molar-refractivity contribution < 1.29 is 4.74 Å². The molecule has 0 atom stereocenters. The van der Waals surface area contributed by atoms with Gasteiger partial charge in [0.25, 0.3) is 0 Å². The molecule has 1 aromatic rings. The van der Waals surface area contributed by atoms with Crippen LogP contribution < -0.4 is 10.6 Å². The molecule has 0 aromatic heterocycles. The van der Waals surface area contributed by atoms with E-state index < -0.39 is 0 Å². The summed E-state index contributed by atoms with van der Waals surface area (Å²) < 4.78 is 5.27. The molecule has 25 heavy (non-hydrogen) atoms. The average molecular weight is 347 g/mol. The van der Waals surface area contributed by atoms with Crippen LogP contribution in [0.15, 0.2) is 29.3 Å². The predicted molar refractivity (Wildman–Crippen MR) is 105 cm³/mol. The van der Waals surface area contributed by atoms with Gasteiger partial charge in [-0.05, 0) is 49.9 Å². The molecule has 1 aromatic carbocycles. The summed E-state index contributed by atoms with van der Waals surface area (Å²) in [5.74, 6) is 0.876. The molecule has 2 N–H and O–H groups in total. The van der Waals surface area contributed by atoms with Crippen LogP contribution in [0.3, 0.4) is 0 Å². The molecule has 1 fully saturated rings. The highest BCUT2D eigenvalue weighted by Crippen LogP contribution is 2.43. The molecule has 1 aliphatic rings. The lowest BCUT2D eigenvalue weighted by Crippen LogP contribution is -2.46.